The third kappa shape index (κ3) is 5.39. The third-order valence-electron chi connectivity index (χ3n) is 2.81. The van der Waals surface area contributed by atoms with Gasteiger partial charge in [0.25, 0.3) is 0 Å². The monoisotopic (exact) mass is 358 g/mol. The summed E-state index contributed by atoms with van der Waals surface area (Å²) in [7, 11) is 1.81. The summed E-state index contributed by atoms with van der Waals surface area (Å²) in [6, 6.07) is -0.186. The van der Waals surface area contributed by atoms with Crippen molar-refractivity contribution in [1.82, 2.24) is 15.2 Å². The first-order chi connectivity index (χ1) is 9.24. The van der Waals surface area contributed by atoms with E-state index in [0.717, 1.165) is 15.9 Å². The quantitative estimate of drug-likeness (QED) is 0.443. The zero-order valence-corrected chi connectivity index (χ0v) is 12.9. The van der Waals surface area contributed by atoms with Crippen LogP contribution in [0.3, 0.4) is 0 Å². The highest BCUT2D eigenvalue weighted by molar-refractivity contribution is 9.10. The Labute approximate surface area is 123 Å². The van der Waals surface area contributed by atoms with Gasteiger partial charge in [0, 0.05) is 26.1 Å². The van der Waals surface area contributed by atoms with Crippen LogP contribution in [0.5, 0.6) is 0 Å². The summed E-state index contributed by atoms with van der Waals surface area (Å²) in [5, 5.41) is 4.25. The summed E-state index contributed by atoms with van der Waals surface area (Å²) in [5.74, 6) is 5.42. The zero-order valence-electron chi connectivity index (χ0n) is 11.3. The van der Waals surface area contributed by atoms with Crippen LogP contribution >= 0.6 is 15.9 Å². The third-order valence-corrected chi connectivity index (χ3v) is 3.84. The van der Waals surface area contributed by atoms with Crippen molar-refractivity contribution in [3.8, 4) is 0 Å². The molecule has 0 aliphatic carbocycles. The lowest BCUT2D eigenvalue weighted by atomic mass is 10.1. The Kier molecular flexibility index (Phi) is 6.44. The molecule has 0 aromatic carbocycles. The molecule has 0 fully saturated rings. The Hall–Kier alpha value is -0.640. The van der Waals surface area contributed by atoms with Crippen molar-refractivity contribution in [3.05, 3.63) is 15.9 Å². The molecular formula is C11H18BrF3N4O. The largest absolute Gasteiger partial charge is 0.411 e. The molecule has 1 aromatic heterocycles. The van der Waals surface area contributed by atoms with Crippen molar-refractivity contribution in [1.29, 1.82) is 0 Å². The fraction of sp³-hybridized carbons (Fsp3) is 0.727. The van der Waals surface area contributed by atoms with Crippen LogP contribution < -0.4 is 11.3 Å². The summed E-state index contributed by atoms with van der Waals surface area (Å²) in [5.41, 5.74) is 4.37. The van der Waals surface area contributed by atoms with Crippen LogP contribution in [-0.2, 0) is 18.2 Å². The van der Waals surface area contributed by atoms with Crippen molar-refractivity contribution in [2.45, 2.75) is 32.0 Å². The van der Waals surface area contributed by atoms with Crippen molar-refractivity contribution in [3.63, 3.8) is 0 Å². The van der Waals surface area contributed by atoms with E-state index in [-0.39, 0.29) is 12.6 Å². The number of hydrazine groups is 1. The predicted octanol–water partition coefficient (Wildman–Crippen LogP) is 1.83. The topological polar surface area (TPSA) is 65.1 Å². The average molecular weight is 359 g/mol. The van der Waals surface area contributed by atoms with Gasteiger partial charge in [-0.2, -0.15) is 18.3 Å². The molecule has 5 nitrogen and oxygen atoms in total. The van der Waals surface area contributed by atoms with E-state index in [4.69, 9.17) is 5.84 Å². The molecule has 0 saturated carbocycles. The smallest absolute Gasteiger partial charge is 0.372 e. The summed E-state index contributed by atoms with van der Waals surface area (Å²) in [6.07, 6.45) is -3.37. The molecule has 0 radical (unpaired) electrons. The van der Waals surface area contributed by atoms with E-state index in [1.54, 1.807) is 11.7 Å². The van der Waals surface area contributed by atoms with Gasteiger partial charge in [0.2, 0.25) is 0 Å². The molecule has 1 heterocycles. The standard InChI is InChI=1S/C11H18BrF3N4O/c1-7-10(12)9(19(2)18-7)5-8(17-16)3-4-20-6-11(13,14)15/h8,17H,3-6,16H2,1-2H3. The van der Waals surface area contributed by atoms with E-state index in [1.807, 2.05) is 6.92 Å². The van der Waals surface area contributed by atoms with E-state index in [2.05, 4.69) is 31.2 Å². The molecule has 0 spiro atoms. The van der Waals surface area contributed by atoms with Gasteiger partial charge in [0.05, 0.1) is 15.9 Å². The van der Waals surface area contributed by atoms with Crippen LogP contribution in [0.1, 0.15) is 17.8 Å². The molecule has 0 bridgehead atoms. The number of hydrogen-bond donors (Lipinski definition) is 2. The van der Waals surface area contributed by atoms with Gasteiger partial charge in [-0.3, -0.25) is 16.0 Å². The highest BCUT2D eigenvalue weighted by atomic mass is 79.9. The maximum absolute atomic E-state index is 11.9. The van der Waals surface area contributed by atoms with E-state index in [1.165, 1.54) is 0 Å². The molecular weight excluding hydrogens is 341 g/mol. The Morgan fingerprint density at radius 2 is 2.15 bits per heavy atom. The lowest BCUT2D eigenvalue weighted by Gasteiger charge is -2.16. The van der Waals surface area contributed by atoms with Gasteiger partial charge < -0.3 is 4.74 Å². The Balaban J connectivity index is 2.47. The number of halogens is 4. The zero-order chi connectivity index (χ0) is 15.3. The van der Waals surface area contributed by atoms with Crippen LogP contribution in [-0.4, -0.2) is 35.2 Å². The van der Waals surface area contributed by atoms with E-state index < -0.39 is 12.8 Å². The molecule has 0 amide bonds. The highest BCUT2D eigenvalue weighted by Crippen LogP contribution is 2.22. The van der Waals surface area contributed by atoms with Gasteiger partial charge in [-0.05, 0) is 29.3 Å². The fourth-order valence-electron chi connectivity index (χ4n) is 1.79. The van der Waals surface area contributed by atoms with Crippen LogP contribution in [0.15, 0.2) is 4.47 Å². The minimum atomic E-state index is -4.30. The van der Waals surface area contributed by atoms with Gasteiger partial charge in [-0.25, -0.2) is 0 Å². The molecule has 9 heteroatoms. The summed E-state index contributed by atoms with van der Waals surface area (Å²) in [6.45, 7) is 0.618. The summed E-state index contributed by atoms with van der Waals surface area (Å²) in [4.78, 5) is 0. The molecule has 116 valence electrons. The minimum Gasteiger partial charge on any atom is -0.372 e. The van der Waals surface area contributed by atoms with Crippen LogP contribution in [0.4, 0.5) is 13.2 Å². The Bertz CT molecular complexity index is 436. The Morgan fingerprint density at radius 3 is 2.60 bits per heavy atom. The van der Waals surface area contributed by atoms with Gasteiger partial charge in [-0.1, -0.05) is 0 Å². The molecule has 3 N–H and O–H groups in total. The maximum Gasteiger partial charge on any atom is 0.411 e. The first-order valence-electron chi connectivity index (χ1n) is 6.03. The number of aromatic nitrogens is 2. The van der Waals surface area contributed by atoms with Crippen molar-refractivity contribution < 1.29 is 17.9 Å². The number of nitrogens with zero attached hydrogens (tertiary/aromatic N) is 2. The fourth-order valence-corrected chi connectivity index (χ4v) is 2.29. The van der Waals surface area contributed by atoms with E-state index in [0.29, 0.717) is 12.8 Å². The molecule has 0 saturated heterocycles. The number of hydrogen-bond acceptors (Lipinski definition) is 4. The summed E-state index contributed by atoms with van der Waals surface area (Å²) >= 11 is 3.43. The maximum atomic E-state index is 11.9. The first kappa shape index (κ1) is 17.4. The second-order valence-electron chi connectivity index (χ2n) is 4.49. The normalized spacial score (nSPS) is 13.8. The summed E-state index contributed by atoms with van der Waals surface area (Å²) < 4.78 is 43.0. The number of ether oxygens (including phenoxy) is 1. The molecule has 0 aliphatic heterocycles. The first-order valence-corrected chi connectivity index (χ1v) is 6.82. The number of alkyl halides is 3. The van der Waals surface area contributed by atoms with Crippen molar-refractivity contribution >= 4 is 15.9 Å². The SMILES string of the molecule is Cc1nn(C)c(CC(CCOCC(F)(F)F)NN)c1Br. The van der Waals surface area contributed by atoms with E-state index in [9.17, 15) is 13.2 Å². The lowest BCUT2D eigenvalue weighted by molar-refractivity contribution is -0.174. The van der Waals surface area contributed by atoms with Gasteiger partial charge in [0.1, 0.15) is 6.61 Å². The number of nitrogens with two attached hydrogens (primary N) is 1. The molecule has 0 aliphatic rings. The highest BCUT2D eigenvalue weighted by Gasteiger charge is 2.27. The van der Waals surface area contributed by atoms with Crippen LogP contribution in [0, 0.1) is 6.92 Å². The van der Waals surface area contributed by atoms with E-state index >= 15 is 0 Å². The second kappa shape index (κ2) is 7.39. The average Bonchev–Trinajstić information content (AvgIpc) is 2.57. The minimum absolute atomic E-state index is 0.0111. The Morgan fingerprint density at radius 1 is 1.50 bits per heavy atom. The molecule has 20 heavy (non-hydrogen) atoms. The molecule has 1 atom stereocenters. The van der Waals surface area contributed by atoms with Crippen LogP contribution in [0.25, 0.3) is 0 Å². The van der Waals surface area contributed by atoms with Crippen LogP contribution in [0.2, 0.25) is 0 Å². The predicted molar refractivity (Wildman–Crippen MR) is 72.0 cm³/mol. The molecule has 1 unspecified atom stereocenters. The van der Waals surface area contributed by atoms with Crippen molar-refractivity contribution in [2.75, 3.05) is 13.2 Å². The number of rotatable bonds is 7. The second-order valence-corrected chi connectivity index (χ2v) is 5.29. The molecule has 1 rings (SSSR count). The number of aryl methyl sites for hydroxylation is 2. The van der Waals surface area contributed by atoms with Gasteiger partial charge >= 0.3 is 6.18 Å². The van der Waals surface area contributed by atoms with Crippen molar-refractivity contribution in [2.24, 2.45) is 12.9 Å². The lowest BCUT2D eigenvalue weighted by Crippen LogP contribution is -2.38. The van der Waals surface area contributed by atoms with Gasteiger partial charge in [0.15, 0.2) is 0 Å². The van der Waals surface area contributed by atoms with Gasteiger partial charge in [-0.15, -0.1) is 0 Å². The molecule has 1 aromatic rings. The number of nitrogens with one attached hydrogen (secondary N) is 1.